The highest BCUT2D eigenvalue weighted by Gasteiger charge is 2.16. The van der Waals surface area contributed by atoms with Crippen molar-refractivity contribution in [3.05, 3.63) is 0 Å². The average Bonchev–Trinajstić information content (AvgIpc) is 1.81. The lowest BCUT2D eigenvalue weighted by molar-refractivity contribution is 0.0489. The zero-order valence-corrected chi connectivity index (χ0v) is 7.97. The van der Waals surface area contributed by atoms with E-state index in [9.17, 15) is 4.79 Å². The van der Waals surface area contributed by atoms with Crippen molar-refractivity contribution in [3.8, 4) is 0 Å². The Bertz CT molecular complexity index is 186. The molecule has 0 radical (unpaired) electrons. The number of nitrogens with one attached hydrogen (secondary N) is 1. The Hall–Kier alpha value is -0.770. The first kappa shape index (κ1) is 9.32. The molecule has 12 heavy (non-hydrogen) atoms. The lowest BCUT2D eigenvalue weighted by Gasteiger charge is -2.21. The Labute approximate surface area is 74.3 Å². The third kappa shape index (κ3) is 5.97. The molecule has 0 fully saturated rings. The Kier molecular flexibility index (Phi) is 3.34. The first-order valence-corrected chi connectivity index (χ1v) is 3.78. The van der Waals surface area contributed by atoms with E-state index in [0.29, 0.717) is 0 Å². The van der Waals surface area contributed by atoms with Crippen molar-refractivity contribution >= 4 is 6.09 Å². The molecule has 1 atom stereocenters. The molecule has 4 nitrogen and oxygen atoms in total. The molecule has 4 heteroatoms. The zero-order valence-electron chi connectivity index (χ0n) is 8.97. The van der Waals surface area contributed by atoms with Gasteiger partial charge in [-0.1, -0.05) is 0 Å². The third-order valence-electron chi connectivity index (χ3n) is 0.952. The summed E-state index contributed by atoms with van der Waals surface area (Å²) in [6, 6.07) is -1.39. The lowest BCUT2D eigenvalue weighted by atomic mass is 10.2. The van der Waals surface area contributed by atoms with Crippen LogP contribution >= 0.6 is 0 Å². The second-order valence-electron chi connectivity index (χ2n) is 3.57. The quantitative estimate of drug-likeness (QED) is 0.657. The molecule has 0 unspecified atom stereocenters. The van der Waals surface area contributed by atoms with E-state index >= 15 is 0 Å². The molecule has 0 aliphatic carbocycles. The monoisotopic (exact) mass is 176 g/mol. The van der Waals surface area contributed by atoms with Gasteiger partial charge in [-0.15, -0.1) is 0 Å². The summed E-state index contributed by atoms with van der Waals surface area (Å²) >= 11 is 0. The van der Waals surface area contributed by atoms with Crippen LogP contribution in [0.4, 0.5) is 4.79 Å². The van der Waals surface area contributed by atoms with Gasteiger partial charge in [0.2, 0.25) is 0 Å². The van der Waals surface area contributed by atoms with Crippen LogP contribution in [0.15, 0.2) is 0 Å². The van der Waals surface area contributed by atoms with Crippen LogP contribution in [0.2, 0.25) is 0 Å². The van der Waals surface area contributed by atoms with E-state index in [1.807, 2.05) is 0 Å². The molecule has 0 aliphatic rings. The molecule has 0 rings (SSSR count). The van der Waals surface area contributed by atoms with Crippen molar-refractivity contribution in [1.29, 1.82) is 0 Å². The molecule has 0 aromatic carbocycles. The van der Waals surface area contributed by atoms with Crippen molar-refractivity contribution in [2.24, 2.45) is 0 Å². The van der Waals surface area contributed by atoms with Crippen molar-refractivity contribution in [1.82, 2.24) is 5.32 Å². The highest BCUT2D eigenvalue weighted by atomic mass is 16.6. The van der Waals surface area contributed by atoms with Gasteiger partial charge in [0.15, 0.2) is 0 Å². The van der Waals surface area contributed by atoms with Crippen LogP contribution in [0, 0.1) is 0 Å². The maximum Gasteiger partial charge on any atom is 0.407 e. The normalized spacial score (nSPS) is 17.6. The highest BCUT2D eigenvalue weighted by molar-refractivity contribution is 5.67. The van der Waals surface area contributed by atoms with E-state index < -0.39 is 24.3 Å². The summed E-state index contributed by atoms with van der Waals surface area (Å²) in [6.07, 6.45) is -0.695. The number of amides is 1. The predicted molar refractivity (Wildman–Crippen MR) is 45.9 cm³/mol. The van der Waals surface area contributed by atoms with E-state index in [-0.39, 0.29) is 0 Å². The molecule has 0 bridgehead atoms. The van der Waals surface area contributed by atoms with Crippen LogP contribution in [0.5, 0.6) is 0 Å². The number of ether oxygens (including phenoxy) is 1. The number of carbonyl (C=O) groups excluding carboxylic acids is 1. The summed E-state index contributed by atoms with van der Waals surface area (Å²) in [5, 5.41) is 10.9. The molecule has 0 aromatic rings. The topological polar surface area (TPSA) is 58.6 Å². The molecule has 0 saturated heterocycles. The number of aliphatic hydroxyl groups is 1. The van der Waals surface area contributed by atoms with E-state index in [1.165, 1.54) is 6.92 Å². The first-order chi connectivity index (χ1) is 5.66. The van der Waals surface area contributed by atoms with Gasteiger partial charge < -0.3 is 15.2 Å². The van der Waals surface area contributed by atoms with Crippen molar-refractivity contribution in [2.75, 3.05) is 6.61 Å². The smallest absolute Gasteiger partial charge is 0.407 e. The van der Waals surface area contributed by atoms with Gasteiger partial charge in [-0.25, -0.2) is 4.79 Å². The first-order valence-electron chi connectivity index (χ1n) is 4.28. The van der Waals surface area contributed by atoms with Gasteiger partial charge in [-0.2, -0.15) is 0 Å². The lowest BCUT2D eigenvalue weighted by Crippen LogP contribution is -2.39. The largest absolute Gasteiger partial charge is 0.444 e. The van der Waals surface area contributed by atoms with E-state index in [0.717, 1.165) is 0 Å². The molecular weight excluding hydrogens is 158 g/mol. The van der Waals surface area contributed by atoms with Crippen LogP contribution < -0.4 is 5.32 Å². The number of hydrogen-bond acceptors (Lipinski definition) is 3. The number of rotatable bonds is 2. The van der Waals surface area contributed by atoms with Gasteiger partial charge in [0, 0.05) is 0 Å². The summed E-state index contributed by atoms with van der Waals surface area (Å²) in [7, 11) is 0. The molecule has 72 valence electrons. The Morgan fingerprint density at radius 2 is 2.25 bits per heavy atom. The summed E-state index contributed by atoms with van der Waals surface area (Å²) in [5.74, 6) is 0. The number of aliphatic hydroxyl groups excluding tert-OH is 1. The van der Waals surface area contributed by atoms with Crippen molar-refractivity contribution < 1.29 is 16.0 Å². The van der Waals surface area contributed by atoms with Crippen LogP contribution in [0.25, 0.3) is 0 Å². The zero-order chi connectivity index (χ0) is 10.7. The van der Waals surface area contributed by atoms with Gasteiger partial charge >= 0.3 is 6.09 Å². The molecule has 0 aromatic heterocycles. The van der Waals surface area contributed by atoms with E-state index in [1.54, 1.807) is 20.8 Å². The summed E-state index contributed by atoms with van der Waals surface area (Å²) in [5.41, 5.74) is -0.588. The second-order valence-corrected chi connectivity index (χ2v) is 3.57. The van der Waals surface area contributed by atoms with Gasteiger partial charge in [-0.3, -0.25) is 0 Å². The Morgan fingerprint density at radius 3 is 2.58 bits per heavy atom. The number of alkyl carbamates (subject to hydrolysis) is 1. The summed E-state index contributed by atoms with van der Waals surface area (Å²) < 4.78 is 12.2. The maximum atomic E-state index is 11.1. The maximum absolute atomic E-state index is 11.1. The highest BCUT2D eigenvalue weighted by Crippen LogP contribution is 2.06. The van der Waals surface area contributed by atoms with Crippen LogP contribution in [0.3, 0.4) is 0 Å². The van der Waals surface area contributed by atoms with Gasteiger partial charge in [-0.05, 0) is 27.7 Å². The molecule has 0 aliphatic heterocycles. The van der Waals surface area contributed by atoms with Gasteiger partial charge in [0.05, 0.1) is 14.0 Å². The van der Waals surface area contributed by atoms with Gasteiger partial charge in [0.25, 0.3) is 0 Å². The fraction of sp³-hybridized carbons (Fsp3) is 0.875. The molecule has 1 amide bonds. The molecular formula is C8H17NO3. The SMILES string of the molecule is [2H][C@](C)(CO)NC(=O)OC(C)(C)C. The van der Waals surface area contributed by atoms with Crippen LogP contribution in [-0.4, -0.2) is 29.4 Å². The Morgan fingerprint density at radius 1 is 1.75 bits per heavy atom. The summed E-state index contributed by atoms with van der Waals surface area (Å²) in [4.78, 5) is 11.1. The fourth-order valence-corrected chi connectivity index (χ4v) is 0.517. The van der Waals surface area contributed by atoms with Crippen molar-refractivity contribution in [3.63, 3.8) is 0 Å². The van der Waals surface area contributed by atoms with E-state index in [4.69, 9.17) is 11.2 Å². The molecule has 2 N–H and O–H groups in total. The Balaban J connectivity index is 4.03. The molecule has 0 spiro atoms. The van der Waals surface area contributed by atoms with Gasteiger partial charge in [0.1, 0.15) is 5.60 Å². The summed E-state index contributed by atoms with van der Waals surface area (Å²) in [6.45, 7) is 6.12. The fourth-order valence-electron chi connectivity index (χ4n) is 0.517. The second kappa shape index (κ2) is 4.30. The minimum atomic E-state index is -1.39. The third-order valence-corrected chi connectivity index (χ3v) is 0.952. The number of carbonyl (C=O) groups is 1. The van der Waals surface area contributed by atoms with Crippen LogP contribution in [-0.2, 0) is 4.74 Å². The van der Waals surface area contributed by atoms with Crippen molar-refractivity contribution in [2.45, 2.75) is 39.3 Å². The average molecular weight is 176 g/mol. The molecule has 0 heterocycles. The van der Waals surface area contributed by atoms with E-state index in [2.05, 4.69) is 5.32 Å². The minimum Gasteiger partial charge on any atom is -0.444 e. The minimum absolute atomic E-state index is 0.452. The standard InChI is InChI=1S/C8H17NO3/c1-6(5-10)9-7(11)12-8(2,3)4/h6,10H,5H2,1-4H3,(H,9,11)/t6-/m0/s1/i6D. The van der Waals surface area contributed by atoms with Crippen LogP contribution in [0.1, 0.15) is 29.1 Å². The molecule has 0 saturated carbocycles. The number of hydrogen-bond donors (Lipinski definition) is 2. The predicted octanol–water partition coefficient (Wildman–Crippen LogP) is 0.892.